The predicted octanol–water partition coefficient (Wildman–Crippen LogP) is 5.48. The second-order valence-corrected chi connectivity index (χ2v) is 9.21. The Morgan fingerprint density at radius 3 is 2.37 bits per heavy atom. The van der Waals surface area contributed by atoms with E-state index in [9.17, 15) is 13.2 Å². The highest BCUT2D eigenvalue weighted by atomic mass is 19.4. The summed E-state index contributed by atoms with van der Waals surface area (Å²) in [5.74, 6) is 0.816. The van der Waals surface area contributed by atoms with Crippen LogP contribution < -0.4 is 5.32 Å². The number of benzene rings is 1. The molecule has 1 aliphatic carbocycles. The summed E-state index contributed by atoms with van der Waals surface area (Å²) in [6.07, 6.45) is 0.818. The number of anilines is 1. The minimum Gasteiger partial charge on any atom is -0.367 e. The molecule has 0 bridgehead atoms. The van der Waals surface area contributed by atoms with Gasteiger partial charge in [0.25, 0.3) is 0 Å². The zero-order valence-electron chi connectivity index (χ0n) is 17.5. The van der Waals surface area contributed by atoms with Crippen molar-refractivity contribution in [1.82, 2.24) is 14.9 Å². The summed E-state index contributed by atoms with van der Waals surface area (Å²) >= 11 is 0. The average Bonchev–Trinajstić information content (AvgIpc) is 2.68. The molecule has 1 N–H and O–H groups in total. The molecule has 2 heterocycles. The molecule has 1 aromatic heterocycles. The lowest BCUT2D eigenvalue weighted by Crippen LogP contribution is -2.51. The predicted molar refractivity (Wildman–Crippen MR) is 111 cm³/mol. The summed E-state index contributed by atoms with van der Waals surface area (Å²) in [4.78, 5) is 9.78. The molecule has 1 saturated heterocycles. The first-order valence-corrected chi connectivity index (χ1v) is 10.7. The molecule has 1 saturated carbocycles. The van der Waals surface area contributed by atoms with Crippen molar-refractivity contribution in [3.63, 3.8) is 0 Å². The lowest BCUT2D eigenvalue weighted by Gasteiger charge is -2.52. The Kier molecular flexibility index (Phi) is 5.75. The first kappa shape index (κ1) is 21.1. The van der Waals surface area contributed by atoms with E-state index in [1.165, 1.54) is 11.1 Å². The molecule has 1 spiro atoms. The smallest absolute Gasteiger partial charge is 0.367 e. The fourth-order valence-corrected chi connectivity index (χ4v) is 4.75. The number of hydrogen-bond acceptors (Lipinski definition) is 4. The number of nitrogens with zero attached hydrogens (tertiary/aromatic N) is 3. The molecule has 2 aliphatic rings. The SMILES string of the molecule is CC(C)c1ccc(CN2CCC3(CC2)CC(Nc2cc(C(F)(F)F)ncn2)C3)cc1. The van der Waals surface area contributed by atoms with E-state index in [-0.39, 0.29) is 11.9 Å². The van der Waals surface area contributed by atoms with Crippen molar-refractivity contribution >= 4 is 5.82 Å². The molecule has 4 nitrogen and oxygen atoms in total. The topological polar surface area (TPSA) is 41.0 Å². The molecule has 162 valence electrons. The van der Waals surface area contributed by atoms with Crippen molar-refractivity contribution in [3.05, 3.63) is 53.5 Å². The lowest BCUT2D eigenvalue weighted by atomic mass is 9.60. The summed E-state index contributed by atoms with van der Waals surface area (Å²) in [6.45, 7) is 7.55. The third kappa shape index (κ3) is 4.77. The van der Waals surface area contributed by atoms with Gasteiger partial charge >= 0.3 is 6.18 Å². The maximum atomic E-state index is 12.8. The second-order valence-electron chi connectivity index (χ2n) is 9.21. The minimum atomic E-state index is -4.44. The van der Waals surface area contributed by atoms with Gasteiger partial charge in [-0.05, 0) is 61.2 Å². The van der Waals surface area contributed by atoms with Crippen LogP contribution in [0.15, 0.2) is 36.7 Å². The van der Waals surface area contributed by atoms with Crippen molar-refractivity contribution in [1.29, 1.82) is 0 Å². The van der Waals surface area contributed by atoms with Gasteiger partial charge in [0.2, 0.25) is 0 Å². The number of nitrogens with one attached hydrogen (secondary N) is 1. The van der Waals surface area contributed by atoms with Gasteiger partial charge in [0.1, 0.15) is 17.8 Å². The molecule has 0 unspecified atom stereocenters. The van der Waals surface area contributed by atoms with Gasteiger partial charge in [-0.1, -0.05) is 38.1 Å². The fourth-order valence-electron chi connectivity index (χ4n) is 4.75. The normalized spacial score (nSPS) is 19.8. The standard InChI is InChI=1S/C23H29F3N4/c1-16(2)18-5-3-17(4-6-18)14-30-9-7-22(8-10-30)12-19(13-22)29-21-11-20(23(24,25)26)27-15-28-21/h3-6,11,15-16,19H,7-10,12-14H2,1-2H3,(H,27,28,29). The molecule has 30 heavy (non-hydrogen) atoms. The molecule has 2 fully saturated rings. The van der Waals surface area contributed by atoms with Crippen molar-refractivity contribution < 1.29 is 13.2 Å². The van der Waals surface area contributed by atoms with E-state index in [2.05, 4.69) is 58.3 Å². The summed E-state index contributed by atoms with van der Waals surface area (Å²) in [7, 11) is 0. The summed E-state index contributed by atoms with van der Waals surface area (Å²) in [6, 6.07) is 10.1. The van der Waals surface area contributed by atoms with Crippen molar-refractivity contribution in [2.75, 3.05) is 18.4 Å². The van der Waals surface area contributed by atoms with Crippen LogP contribution in [0.2, 0.25) is 0 Å². The Hall–Kier alpha value is -2.15. The van der Waals surface area contributed by atoms with Crippen LogP contribution in [-0.4, -0.2) is 34.0 Å². The Morgan fingerprint density at radius 2 is 1.77 bits per heavy atom. The largest absolute Gasteiger partial charge is 0.433 e. The molecule has 0 radical (unpaired) electrons. The van der Waals surface area contributed by atoms with Crippen LogP contribution >= 0.6 is 0 Å². The Balaban J connectivity index is 1.25. The van der Waals surface area contributed by atoms with Crippen molar-refractivity contribution in [2.24, 2.45) is 5.41 Å². The van der Waals surface area contributed by atoms with E-state index < -0.39 is 11.9 Å². The highest BCUT2D eigenvalue weighted by molar-refractivity contribution is 5.38. The van der Waals surface area contributed by atoms with E-state index in [1.54, 1.807) is 0 Å². The Bertz CT molecular complexity index is 847. The minimum absolute atomic E-state index is 0.191. The van der Waals surface area contributed by atoms with Gasteiger partial charge in [-0.15, -0.1) is 0 Å². The molecule has 1 aliphatic heterocycles. The van der Waals surface area contributed by atoms with Gasteiger partial charge in [-0.3, -0.25) is 4.90 Å². The van der Waals surface area contributed by atoms with Crippen molar-refractivity contribution in [2.45, 2.75) is 64.2 Å². The van der Waals surface area contributed by atoms with Crippen LogP contribution in [0.25, 0.3) is 0 Å². The first-order valence-electron chi connectivity index (χ1n) is 10.7. The molecular weight excluding hydrogens is 389 g/mol. The van der Waals surface area contributed by atoms with Gasteiger partial charge < -0.3 is 5.32 Å². The number of rotatable bonds is 5. The van der Waals surface area contributed by atoms with E-state index in [1.807, 2.05) is 0 Å². The third-order valence-corrected chi connectivity index (χ3v) is 6.64. The number of halogens is 3. The Morgan fingerprint density at radius 1 is 1.10 bits per heavy atom. The van der Waals surface area contributed by atoms with Gasteiger partial charge in [0.15, 0.2) is 0 Å². The molecule has 1 aromatic carbocycles. The zero-order valence-corrected chi connectivity index (χ0v) is 17.5. The van der Waals surface area contributed by atoms with Gasteiger partial charge in [-0.25, -0.2) is 9.97 Å². The third-order valence-electron chi connectivity index (χ3n) is 6.64. The van der Waals surface area contributed by atoms with Gasteiger partial charge in [0.05, 0.1) is 0 Å². The van der Waals surface area contributed by atoms with Crippen LogP contribution in [0.1, 0.15) is 62.3 Å². The average molecular weight is 419 g/mol. The van der Waals surface area contributed by atoms with Crippen molar-refractivity contribution in [3.8, 4) is 0 Å². The first-order chi connectivity index (χ1) is 14.2. The van der Waals surface area contributed by atoms with Crippen LogP contribution in [-0.2, 0) is 12.7 Å². The quantitative estimate of drug-likeness (QED) is 0.699. The number of likely N-dealkylation sites (tertiary alicyclic amines) is 1. The lowest BCUT2D eigenvalue weighted by molar-refractivity contribution is -0.141. The second kappa shape index (κ2) is 8.17. The van der Waals surface area contributed by atoms with E-state index >= 15 is 0 Å². The number of hydrogen-bond donors (Lipinski definition) is 1. The molecular formula is C23H29F3N4. The van der Waals surface area contributed by atoms with E-state index in [0.717, 1.165) is 57.7 Å². The van der Waals surface area contributed by atoms with Crippen LogP contribution in [0, 0.1) is 5.41 Å². The molecule has 2 aromatic rings. The molecule has 4 rings (SSSR count). The fraction of sp³-hybridized carbons (Fsp3) is 0.565. The highest BCUT2D eigenvalue weighted by Gasteiger charge is 2.46. The molecule has 0 atom stereocenters. The van der Waals surface area contributed by atoms with Gasteiger partial charge in [0, 0.05) is 18.7 Å². The summed E-state index contributed by atoms with van der Waals surface area (Å²) in [5.41, 5.74) is 2.15. The van der Waals surface area contributed by atoms with E-state index in [4.69, 9.17) is 0 Å². The number of alkyl halides is 3. The van der Waals surface area contributed by atoms with E-state index in [0.29, 0.717) is 11.3 Å². The number of piperidine rings is 1. The maximum Gasteiger partial charge on any atom is 0.433 e. The summed E-state index contributed by atoms with van der Waals surface area (Å²) in [5, 5.41) is 3.16. The zero-order chi connectivity index (χ0) is 21.4. The molecule has 0 amide bonds. The number of aromatic nitrogens is 2. The van der Waals surface area contributed by atoms with Crippen LogP contribution in [0.3, 0.4) is 0 Å². The molecule has 7 heteroatoms. The van der Waals surface area contributed by atoms with Crippen LogP contribution in [0.4, 0.5) is 19.0 Å². The van der Waals surface area contributed by atoms with Crippen LogP contribution in [0.5, 0.6) is 0 Å². The maximum absolute atomic E-state index is 12.8. The van der Waals surface area contributed by atoms with Gasteiger partial charge in [-0.2, -0.15) is 13.2 Å². The summed E-state index contributed by atoms with van der Waals surface area (Å²) < 4.78 is 38.4. The Labute approximate surface area is 175 Å². The monoisotopic (exact) mass is 418 g/mol. The highest BCUT2D eigenvalue weighted by Crippen LogP contribution is 2.50.